The van der Waals surface area contributed by atoms with E-state index in [1.165, 1.54) is 0 Å². The summed E-state index contributed by atoms with van der Waals surface area (Å²) < 4.78 is 14.8. The molecule has 3 rings (SSSR count). The van der Waals surface area contributed by atoms with Gasteiger partial charge in [-0.1, -0.05) is 29.3 Å². The number of anilines is 1. The molecule has 6 heteroatoms. The first-order valence-electron chi connectivity index (χ1n) is 8.83. The van der Waals surface area contributed by atoms with E-state index in [0.29, 0.717) is 29.3 Å². The molecule has 1 aliphatic carbocycles. The fourth-order valence-electron chi connectivity index (χ4n) is 3.71. The fraction of sp³-hybridized carbons (Fsp3) is 0.667. The highest BCUT2D eigenvalue weighted by atomic mass is 35.5. The molecule has 24 heavy (non-hydrogen) atoms. The molecule has 134 valence electrons. The average molecular weight is 374 g/mol. The minimum absolute atomic E-state index is 0.194. The number of hydrogen-bond donors (Lipinski definition) is 1. The number of halogens is 3. The summed E-state index contributed by atoms with van der Waals surface area (Å²) >= 11 is 12.4. The SMILES string of the molecule is N[C@H]1CC[C@](F)(CCN2CCN(c3cccc(Cl)c3Cl)CC2)CC1. The number of nitrogens with zero attached hydrogens (tertiary/aromatic N) is 2. The summed E-state index contributed by atoms with van der Waals surface area (Å²) in [6.07, 6.45) is 3.49. The number of nitrogens with two attached hydrogens (primary N) is 1. The highest BCUT2D eigenvalue weighted by molar-refractivity contribution is 6.43. The number of alkyl halides is 1. The Kier molecular flexibility index (Phi) is 5.91. The Morgan fingerprint density at radius 1 is 1.12 bits per heavy atom. The molecule has 2 aliphatic rings. The molecule has 1 aliphatic heterocycles. The predicted octanol–water partition coefficient (Wildman–Crippen LogP) is 4.12. The van der Waals surface area contributed by atoms with Crippen molar-refractivity contribution in [1.82, 2.24) is 4.90 Å². The van der Waals surface area contributed by atoms with Crippen LogP contribution >= 0.6 is 23.2 Å². The van der Waals surface area contributed by atoms with Gasteiger partial charge in [0.2, 0.25) is 0 Å². The quantitative estimate of drug-likeness (QED) is 0.861. The molecule has 1 aromatic carbocycles. The van der Waals surface area contributed by atoms with Crippen LogP contribution in [-0.4, -0.2) is 49.3 Å². The van der Waals surface area contributed by atoms with Crippen molar-refractivity contribution in [3.05, 3.63) is 28.2 Å². The number of benzene rings is 1. The van der Waals surface area contributed by atoms with Gasteiger partial charge in [-0.15, -0.1) is 0 Å². The third kappa shape index (κ3) is 4.34. The van der Waals surface area contributed by atoms with Crippen molar-refractivity contribution in [3.63, 3.8) is 0 Å². The molecular weight excluding hydrogens is 348 g/mol. The maximum Gasteiger partial charge on any atom is 0.112 e. The van der Waals surface area contributed by atoms with Crippen LogP contribution in [0, 0.1) is 0 Å². The van der Waals surface area contributed by atoms with E-state index in [-0.39, 0.29) is 6.04 Å². The second-order valence-corrected chi connectivity index (χ2v) is 7.93. The first kappa shape index (κ1) is 18.2. The average Bonchev–Trinajstić information content (AvgIpc) is 2.59. The summed E-state index contributed by atoms with van der Waals surface area (Å²) in [5.74, 6) is 0. The summed E-state index contributed by atoms with van der Waals surface area (Å²) in [5, 5.41) is 1.21. The molecule has 0 amide bonds. The number of piperazine rings is 1. The van der Waals surface area contributed by atoms with Crippen LogP contribution in [-0.2, 0) is 0 Å². The maximum atomic E-state index is 14.8. The zero-order chi connectivity index (χ0) is 17.2. The zero-order valence-corrected chi connectivity index (χ0v) is 15.5. The second-order valence-electron chi connectivity index (χ2n) is 7.14. The van der Waals surface area contributed by atoms with Gasteiger partial charge in [0.25, 0.3) is 0 Å². The lowest BCUT2D eigenvalue weighted by molar-refractivity contribution is 0.0727. The van der Waals surface area contributed by atoms with Crippen LogP contribution in [0.1, 0.15) is 32.1 Å². The largest absolute Gasteiger partial charge is 0.368 e. The zero-order valence-electron chi connectivity index (χ0n) is 14.0. The number of hydrogen-bond acceptors (Lipinski definition) is 3. The minimum atomic E-state index is -1.01. The van der Waals surface area contributed by atoms with E-state index < -0.39 is 5.67 Å². The van der Waals surface area contributed by atoms with Gasteiger partial charge in [-0.2, -0.15) is 0 Å². The molecule has 1 heterocycles. The first-order chi connectivity index (χ1) is 11.5. The highest BCUT2D eigenvalue weighted by Crippen LogP contribution is 2.35. The molecule has 1 saturated carbocycles. The van der Waals surface area contributed by atoms with Crippen LogP contribution in [0.5, 0.6) is 0 Å². The van der Waals surface area contributed by atoms with Crippen molar-refractivity contribution in [2.24, 2.45) is 5.73 Å². The molecule has 3 nitrogen and oxygen atoms in total. The second kappa shape index (κ2) is 7.77. The molecule has 0 radical (unpaired) electrons. The van der Waals surface area contributed by atoms with E-state index in [4.69, 9.17) is 28.9 Å². The Labute approximate surface area is 153 Å². The third-order valence-corrected chi connectivity index (χ3v) is 6.26. The summed E-state index contributed by atoms with van der Waals surface area (Å²) in [6, 6.07) is 5.93. The molecule has 1 aromatic rings. The van der Waals surface area contributed by atoms with Crippen molar-refractivity contribution in [2.45, 2.75) is 43.8 Å². The molecule has 0 aromatic heterocycles. The Bertz CT molecular complexity index is 553. The van der Waals surface area contributed by atoms with Crippen LogP contribution in [0.15, 0.2) is 18.2 Å². The van der Waals surface area contributed by atoms with Gasteiger partial charge in [0.05, 0.1) is 15.7 Å². The predicted molar refractivity (Wildman–Crippen MR) is 100 cm³/mol. The summed E-state index contributed by atoms with van der Waals surface area (Å²) in [4.78, 5) is 4.61. The van der Waals surface area contributed by atoms with Gasteiger partial charge < -0.3 is 10.6 Å². The Hall–Kier alpha value is -0.550. The fourth-order valence-corrected chi connectivity index (χ4v) is 4.13. The monoisotopic (exact) mass is 373 g/mol. The minimum Gasteiger partial charge on any atom is -0.368 e. The van der Waals surface area contributed by atoms with Crippen LogP contribution in [0.25, 0.3) is 0 Å². The molecular formula is C18H26Cl2FN3. The van der Waals surface area contributed by atoms with E-state index >= 15 is 0 Å². The van der Waals surface area contributed by atoms with Crippen LogP contribution in [0.4, 0.5) is 10.1 Å². The van der Waals surface area contributed by atoms with Crippen molar-refractivity contribution >= 4 is 28.9 Å². The van der Waals surface area contributed by atoms with Crippen molar-refractivity contribution in [1.29, 1.82) is 0 Å². The lowest BCUT2D eigenvalue weighted by Gasteiger charge is -2.39. The van der Waals surface area contributed by atoms with Crippen molar-refractivity contribution in [3.8, 4) is 0 Å². The van der Waals surface area contributed by atoms with Crippen molar-refractivity contribution < 1.29 is 4.39 Å². The lowest BCUT2D eigenvalue weighted by Crippen LogP contribution is -2.48. The van der Waals surface area contributed by atoms with E-state index in [1.54, 1.807) is 6.07 Å². The van der Waals surface area contributed by atoms with Gasteiger partial charge in [-0.25, -0.2) is 4.39 Å². The lowest BCUT2D eigenvalue weighted by atomic mass is 9.82. The molecule has 0 spiro atoms. The standard InChI is InChI=1S/C18H26Cl2FN3/c19-15-2-1-3-16(17(15)20)24-12-10-23(11-13-24)9-8-18(21)6-4-14(22)5-7-18/h1-3,14H,4-13,22H2/t14-,18+. The molecule has 0 atom stereocenters. The van der Waals surface area contributed by atoms with E-state index in [0.717, 1.165) is 51.3 Å². The summed E-state index contributed by atoms with van der Waals surface area (Å²) in [6.45, 7) is 4.47. The smallest absolute Gasteiger partial charge is 0.112 e. The summed E-state index contributed by atoms with van der Waals surface area (Å²) in [7, 11) is 0. The Balaban J connectivity index is 1.48. The maximum absolute atomic E-state index is 14.8. The summed E-state index contributed by atoms with van der Waals surface area (Å²) in [5.41, 5.74) is 5.87. The Morgan fingerprint density at radius 3 is 2.46 bits per heavy atom. The van der Waals surface area contributed by atoms with Crippen molar-refractivity contribution in [2.75, 3.05) is 37.6 Å². The molecule has 1 saturated heterocycles. The van der Waals surface area contributed by atoms with Gasteiger partial charge in [-0.3, -0.25) is 4.90 Å². The molecule has 2 fully saturated rings. The molecule has 0 unspecified atom stereocenters. The van der Waals surface area contributed by atoms with Gasteiger partial charge in [0.1, 0.15) is 5.67 Å². The molecule has 2 N–H and O–H groups in total. The van der Waals surface area contributed by atoms with Gasteiger partial charge in [0.15, 0.2) is 0 Å². The first-order valence-corrected chi connectivity index (χ1v) is 9.58. The third-order valence-electron chi connectivity index (χ3n) is 5.45. The highest BCUT2D eigenvalue weighted by Gasteiger charge is 2.34. The van der Waals surface area contributed by atoms with E-state index in [1.807, 2.05) is 12.1 Å². The van der Waals surface area contributed by atoms with Gasteiger partial charge >= 0.3 is 0 Å². The topological polar surface area (TPSA) is 32.5 Å². The Morgan fingerprint density at radius 2 is 1.79 bits per heavy atom. The van der Waals surface area contributed by atoms with Crippen LogP contribution in [0.3, 0.4) is 0 Å². The van der Waals surface area contributed by atoms with Crippen LogP contribution < -0.4 is 10.6 Å². The van der Waals surface area contributed by atoms with Gasteiger partial charge in [-0.05, 0) is 44.2 Å². The normalized spacial score (nSPS) is 29.0. The van der Waals surface area contributed by atoms with Gasteiger partial charge in [0, 0.05) is 38.8 Å². The van der Waals surface area contributed by atoms with Crippen LogP contribution in [0.2, 0.25) is 10.0 Å². The van der Waals surface area contributed by atoms with E-state index in [9.17, 15) is 4.39 Å². The molecule has 0 bridgehead atoms. The number of rotatable bonds is 4. The van der Waals surface area contributed by atoms with E-state index in [2.05, 4.69) is 9.80 Å².